The van der Waals surface area contributed by atoms with Gasteiger partial charge >= 0.3 is 0 Å². The summed E-state index contributed by atoms with van der Waals surface area (Å²) in [6.45, 7) is 0. The van der Waals surface area contributed by atoms with Gasteiger partial charge in [0.2, 0.25) is 0 Å². The van der Waals surface area contributed by atoms with Crippen molar-refractivity contribution < 1.29 is 19.7 Å². The topological polar surface area (TPSA) is 58.9 Å². The number of hydrogen-bond donors (Lipinski definition) is 2. The van der Waals surface area contributed by atoms with Gasteiger partial charge in [0.1, 0.15) is 34.5 Å². The summed E-state index contributed by atoms with van der Waals surface area (Å²) in [7, 11) is 0. The van der Waals surface area contributed by atoms with Crippen molar-refractivity contribution in [3.8, 4) is 56.8 Å². The molecule has 2 aliphatic rings. The molecule has 6 aromatic rings. The fraction of sp³-hybridized carbons (Fsp3) is 0.0270. The van der Waals surface area contributed by atoms with Gasteiger partial charge in [-0.1, -0.05) is 97.1 Å². The molecule has 196 valence electrons. The summed E-state index contributed by atoms with van der Waals surface area (Å²) in [6.07, 6.45) is 0. The van der Waals surface area contributed by atoms with Gasteiger partial charge in [-0.05, 0) is 47.5 Å². The van der Waals surface area contributed by atoms with Crippen LogP contribution < -0.4 is 9.47 Å². The van der Waals surface area contributed by atoms with Crippen molar-refractivity contribution in [1.82, 2.24) is 0 Å². The van der Waals surface area contributed by atoms with Crippen molar-refractivity contribution in [3.05, 3.63) is 156 Å². The summed E-state index contributed by atoms with van der Waals surface area (Å²) in [5.41, 5.74) is 4.72. The van der Waals surface area contributed by atoms with E-state index in [-0.39, 0.29) is 11.5 Å². The van der Waals surface area contributed by atoms with Crippen molar-refractivity contribution in [2.75, 3.05) is 0 Å². The molecule has 4 nitrogen and oxygen atoms in total. The molecule has 2 heterocycles. The smallest absolute Gasteiger partial charge is 0.136 e. The number of hydrogen-bond acceptors (Lipinski definition) is 4. The van der Waals surface area contributed by atoms with E-state index in [1.807, 2.05) is 133 Å². The van der Waals surface area contributed by atoms with Crippen LogP contribution in [0.25, 0.3) is 22.3 Å². The lowest BCUT2D eigenvalue weighted by molar-refractivity contribution is 0.371. The normalized spacial score (nSPS) is 13.7. The average molecular weight is 533 g/mol. The van der Waals surface area contributed by atoms with E-state index in [1.165, 1.54) is 0 Å². The number of fused-ring (bicyclic) bond motifs is 8. The Labute approximate surface area is 237 Å². The minimum absolute atomic E-state index is 0.0929. The van der Waals surface area contributed by atoms with Gasteiger partial charge in [0.25, 0.3) is 0 Å². The number of aromatic hydroxyl groups is 2. The zero-order valence-corrected chi connectivity index (χ0v) is 21.9. The SMILES string of the molecule is Oc1c(-c2ccccc2)ccc2c1C1(c3ccccc3O2)c2ccccc2Oc2ccc(-c3ccccc3)c(O)c21. The van der Waals surface area contributed by atoms with Crippen molar-refractivity contribution in [3.63, 3.8) is 0 Å². The predicted octanol–water partition coefficient (Wildman–Crippen LogP) is 9.03. The molecule has 6 aromatic carbocycles. The number of rotatable bonds is 2. The first-order chi connectivity index (χ1) is 20.2. The van der Waals surface area contributed by atoms with Crippen LogP contribution in [0, 0.1) is 0 Å². The molecular formula is C37H24O4. The molecule has 41 heavy (non-hydrogen) atoms. The van der Waals surface area contributed by atoms with Crippen LogP contribution in [0.4, 0.5) is 0 Å². The molecule has 0 aromatic heterocycles. The highest BCUT2D eigenvalue weighted by molar-refractivity contribution is 5.86. The standard InChI is InChI=1S/C37H24O4/c38-35-25(23-11-3-1-4-12-23)19-21-31-33(35)37(27-15-7-9-17-29(27)40-31)28-16-8-10-18-30(28)41-32-22-20-26(36(39)34(32)37)24-13-5-2-6-14-24/h1-22,38-39H. The Morgan fingerprint density at radius 2 is 0.780 bits per heavy atom. The molecule has 0 radical (unpaired) electrons. The van der Waals surface area contributed by atoms with Crippen LogP contribution in [-0.4, -0.2) is 10.2 Å². The molecule has 0 atom stereocenters. The molecule has 8 rings (SSSR count). The molecule has 0 bridgehead atoms. The van der Waals surface area contributed by atoms with E-state index in [1.54, 1.807) is 0 Å². The maximum atomic E-state index is 12.3. The summed E-state index contributed by atoms with van der Waals surface area (Å²) in [5.74, 6) is 2.53. The van der Waals surface area contributed by atoms with E-state index in [4.69, 9.17) is 9.47 Å². The fourth-order valence-electron chi connectivity index (χ4n) is 6.52. The van der Waals surface area contributed by atoms with Gasteiger partial charge in [-0.15, -0.1) is 0 Å². The van der Waals surface area contributed by atoms with Gasteiger partial charge in [0.05, 0.1) is 16.5 Å². The van der Waals surface area contributed by atoms with E-state index < -0.39 is 5.41 Å². The monoisotopic (exact) mass is 532 g/mol. The van der Waals surface area contributed by atoms with Crippen LogP contribution in [0.5, 0.6) is 34.5 Å². The van der Waals surface area contributed by atoms with Crippen molar-refractivity contribution in [2.24, 2.45) is 0 Å². The molecule has 0 unspecified atom stereocenters. The van der Waals surface area contributed by atoms with E-state index in [0.717, 1.165) is 22.3 Å². The molecule has 4 heteroatoms. The number of ether oxygens (including phenoxy) is 2. The summed E-state index contributed by atoms with van der Waals surface area (Å²) >= 11 is 0. The first-order valence-corrected chi connectivity index (χ1v) is 13.6. The maximum Gasteiger partial charge on any atom is 0.136 e. The van der Waals surface area contributed by atoms with Crippen molar-refractivity contribution in [2.45, 2.75) is 5.41 Å². The van der Waals surface area contributed by atoms with E-state index in [0.29, 0.717) is 45.3 Å². The Morgan fingerprint density at radius 1 is 0.390 bits per heavy atom. The molecule has 0 saturated heterocycles. The summed E-state index contributed by atoms with van der Waals surface area (Å²) < 4.78 is 13.0. The van der Waals surface area contributed by atoms with E-state index in [9.17, 15) is 10.2 Å². The molecule has 0 aliphatic carbocycles. The van der Waals surface area contributed by atoms with Gasteiger partial charge in [-0.2, -0.15) is 0 Å². The Balaban J connectivity index is 1.56. The number of phenols is 2. The van der Waals surface area contributed by atoms with Gasteiger partial charge in [0.15, 0.2) is 0 Å². The largest absolute Gasteiger partial charge is 0.507 e. The lowest BCUT2D eigenvalue weighted by Gasteiger charge is -2.45. The first-order valence-electron chi connectivity index (χ1n) is 13.6. The third-order valence-corrected chi connectivity index (χ3v) is 8.22. The molecular weight excluding hydrogens is 508 g/mol. The molecule has 0 fully saturated rings. The van der Waals surface area contributed by atoms with Crippen LogP contribution in [-0.2, 0) is 5.41 Å². The summed E-state index contributed by atoms with van der Waals surface area (Å²) in [6, 6.07) is 42.9. The third-order valence-electron chi connectivity index (χ3n) is 8.22. The minimum atomic E-state index is -1.14. The molecule has 0 saturated carbocycles. The maximum absolute atomic E-state index is 12.3. The van der Waals surface area contributed by atoms with Gasteiger partial charge in [-0.25, -0.2) is 0 Å². The zero-order chi connectivity index (χ0) is 27.6. The molecule has 2 aliphatic heterocycles. The van der Waals surface area contributed by atoms with Gasteiger partial charge in [-0.3, -0.25) is 0 Å². The van der Waals surface area contributed by atoms with Crippen molar-refractivity contribution in [1.29, 1.82) is 0 Å². The van der Waals surface area contributed by atoms with Crippen LogP contribution in [0.2, 0.25) is 0 Å². The fourth-order valence-corrected chi connectivity index (χ4v) is 6.52. The number of benzene rings is 6. The van der Waals surface area contributed by atoms with Crippen LogP contribution in [0.3, 0.4) is 0 Å². The highest BCUT2D eigenvalue weighted by Gasteiger charge is 2.54. The lowest BCUT2D eigenvalue weighted by atomic mass is 9.61. The second kappa shape index (κ2) is 8.77. The predicted molar refractivity (Wildman–Crippen MR) is 159 cm³/mol. The number of para-hydroxylation sites is 2. The van der Waals surface area contributed by atoms with E-state index >= 15 is 0 Å². The molecule has 0 amide bonds. The van der Waals surface area contributed by atoms with Crippen molar-refractivity contribution >= 4 is 0 Å². The van der Waals surface area contributed by atoms with Gasteiger partial charge in [0, 0.05) is 22.3 Å². The second-order valence-corrected chi connectivity index (χ2v) is 10.3. The zero-order valence-electron chi connectivity index (χ0n) is 21.9. The van der Waals surface area contributed by atoms with Crippen LogP contribution in [0.1, 0.15) is 22.3 Å². The van der Waals surface area contributed by atoms with Gasteiger partial charge < -0.3 is 19.7 Å². The molecule has 2 N–H and O–H groups in total. The molecule has 1 spiro atoms. The number of phenolic OH excluding ortho intramolecular Hbond substituents is 2. The Morgan fingerprint density at radius 3 is 1.22 bits per heavy atom. The highest BCUT2D eigenvalue weighted by Crippen LogP contribution is 2.66. The highest BCUT2D eigenvalue weighted by atomic mass is 16.5. The summed E-state index contributed by atoms with van der Waals surface area (Å²) in [5, 5.41) is 24.5. The minimum Gasteiger partial charge on any atom is -0.507 e. The first kappa shape index (κ1) is 23.4. The van der Waals surface area contributed by atoms with Crippen LogP contribution in [0.15, 0.2) is 133 Å². The Bertz CT molecular complexity index is 1820. The average Bonchev–Trinajstić information content (AvgIpc) is 3.02. The van der Waals surface area contributed by atoms with E-state index in [2.05, 4.69) is 0 Å². The Hall–Kier alpha value is -5.48. The quantitative estimate of drug-likeness (QED) is 0.233. The Kier molecular flexibility index (Phi) is 5.01. The van der Waals surface area contributed by atoms with Crippen LogP contribution >= 0.6 is 0 Å². The second-order valence-electron chi connectivity index (χ2n) is 10.3. The summed E-state index contributed by atoms with van der Waals surface area (Å²) in [4.78, 5) is 0. The third kappa shape index (κ3) is 3.22. The lowest BCUT2D eigenvalue weighted by Crippen LogP contribution is -2.37.